The van der Waals surface area contributed by atoms with Gasteiger partial charge >= 0.3 is 6.18 Å². The average molecular weight is 723 g/mol. The molecule has 2 aliphatic heterocycles. The molecule has 0 bridgehead atoms. The molecular weight excluding hydrogens is 686 g/mol. The number of benzene rings is 1. The second-order valence-corrected chi connectivity index (χ2v) is 12.7. The first-order valence-corrected chi connectivity index (χ1v) is 16.4. The summed E-state index contributed by atoms with van der Waals surface area (Å²) in [5.74, 6) is -0.171. The number of aromatic nitrogens is 4. The van der Waals surface area contributed by atoms with E-state index in [2.05, 4.69) is 50.8 Å². The summed E-state index contributed by atoms with van der Waals surface area (Å²) in [6.07, 6.45) is -3.33. The number of fused-ring (bicyclic) bond motifs is 1. The average Bonchev–Trinajstić information content (AvgIpc) is 2.99. The number of hydrogen-bond acceptors (Lipinski definition) is 9. The van der Waals surface area contributed by atoms with E-state index in [0.717, 1.165) is 32.9 Å². The molecule has 0 N–H and O–H groups in total. The molecule has 2 atom stereocenters. The van der Waals surface area contributed by atoms with Crippen LogP contribution >= 0.6 is 15.9 Å². The van der Waals surface area contributed by atoms with Crippen LogP contribution in [0, 0.1) is 11.3 Å². The number of nitrogens with zero attached hydrogens (tertiary/aromatic N) is 9. The van der Waals surface area contributed by atoms with Gasteiger partial charge in [0.2, 0.25) is 5.95 Å². The topological polar surface area (TPSA) is 114 Å². The minimum absolute atomic E-state index is 0.0580. The van der Waals surface area contributed by atoms with E-state index >= 15 is 0 Å². The lowest BCUT2D eigenvalue weighted by atomic mass is 10.1. The minimum Gasteiger partial charge on any atom is -0.352 e. The van der Waals surface area contributed by atoms with Gasteiger partial charge in [0.15, 0.2) is 6.17 Å². The van der Waals surface area contributed by atoms with Gasteiger partial charge in [-0.2, -0.15) is 33.2 Å². The van der Waals surface area contributed by atoms with Crippen LogP contribution in [-0.2, 0) is 11.0 Å². The van der Waals surface area contributed by atoms with Crippen LogP contribution in [0.25, 0.3) is 16.6 Å². The predicted octanol–water partition coefficient (Wildman–Crippen LogP) is 4.56. The van der Waals surface area contributed by atoms with Crippen LogP contribution < -0.4 is 15.4 Å². The molecule has 2 unspecified atom stereocenters. The van der Waals surface area contributed by atoms with Crippen LogP contribution in [0.15, 0.2) is 33.7 Å². The summed E-state index contributed by atoms with van der Waals surface area (Å²) >= 11 is 2.97. The number of amides is 1. The Morgan fingerprint density at radius 2 is 1.83 bits per heavy atom. The Labute approximate surface area is 277 Å². The molecule has 16 heteroatoms. The normalized spacial score (nSPS) is 18.0. The molecule has 3 aromatic rings. The standard InChI is InChI=1S/C31H36BrF4N9O2/c1-4-11-41(12-5-2)21-17-43(18-21)30-39-26-22(15-38-45(29(26)47)24-8-6-7-23(32)25(24)31(34,35)36)27(40-30)42-13-14-44(28(46)19(3)33)20(16-42)9-10-37/h6-8,15,19-21H,4-5,9,11-14,16-18H2,1-3H3. The molecule has 4 heterocycles. The Morgan fingerprint density at radius 1 is 1.13 bits per heavy atom. The van der Waals surface area contributed by atoms with E-state index in [4.69, 9.17) is 4.98 Å². The zero-order valence-electron chi connectivity index (χ0n) is 26.3. The lowest BCUT2D eigenvalue weighted by Gasteiger charge is -2.46. The van der Waals surface area contributed by atoms with Gasteiger partial charge in [-0.25, -0.2) is 9.37 Å². The van der Waals surface area contributed by atoms with E-state index in [-0.39, 0.29) is 53.4 Å². The van der Waals surface area contributed by atoms with Gasteiger partial charge in [-0.15, -0.1) is 0 Å². The van der Waals surface area contributed by atoms with Gasteiger partial charge in [0.25, 0.3) is 11.5 Å². The molecule has 2 saturated heterocycles. The van der Waals surface area contributed by atoms with Gasteiger partial charge in [0.05, 0.1) is 41.4 Å². The summed E-state index contributed by atoms with van der Waals surface area (Å²) in [5, 5.41) is 13.8. The molecule has 0 spiro atoms. The molecule has 2 aliphatic rings. The highest BCUT2D eigenvalue weighted by Crippen LogP contribution is 2.39. The second-order valence-electron chi connectivity index (χ2n) is 11.8. The third-order valence-electron chi connectivity index (χ3n) is 8.53. The number of alkyl halides is 4. The lowest BCUT2D eigenvalue weighted by Crippen LogP contribution is -2.60. The van der Waals surface area contributed by atoms with E-state index in [1.807, 2.05) is 4.90 Å². The number of rotatable bonds is 10. The number of piperazine rings is 1. The van der Waals surface area contributed by atoms with Crippen LogP contribution in [0.4, 0.5) is 29.3 Å². The molecule has 2 aromatic heterocycles. The molecule has 2 fully saturated rings. The first-order valence-electron chi connectivity index (χ1n) is 15.6. The van der Waals surface area contributed by atoms with E-state index < -0.39 is 41.1 Å². The van der Waals surface area contributed by atoms with Crippen LogP contribution in [-0.4, -0.2) is 99.5 Å². The Hall–Kier alpha value is -3.84. The van der Waals surface area contributed by atoms with Gasteiger partial charge in [-0.3, -0.25) is 14.5 Å². The molecule has 47 heavy (non-hydrogen) atoms. The maximum atomic E-state index is 14.1. The van der Waals surface area contributed by atoms with Crippen molar-refractivity contribution in [2.45, 2.75) is 64.5 Å². The van der Waals surface area contributed by atoms with Crippen molar-refractivity contribution in [2.24, 2.45) is 0 Å². The van der Waals surface area contributed by atoms with Crippen LogP contribution in [0.3, 0.4) is 0 Å². The second kappa shape index (κ2) is 14.1. The molecule has 5 rings (SSSR count). The SMILES string of the molecule is CCCN(CCC)C1CN(c2nc(N3CCN(C(=O)C(C)F)C(CC#N)C3)c3cnn(-c4cccc(Br)c4C(F)(F)F)c(=O)c3n2)C1. The number of carbonyl (C=O) groups is 1. The summed E-state index contributed by atoms with van der Waals surface area (Å²) in [7, 11) is 0. The largest absolute Gasteiger partial charge is 0.419 e. The van der Waals surface area contributed by atoms with Gasteiger partial charge in [-0.05, 0) is 45.0 Å². The number of anilines is 2. The first-order chi connectivity index (χ1) is 22.4. The number of carbonyl (C=O) groups excluding carboxylic acids is 1. The molecule has 11 nitrogen and oxygen atoms in total. The van der Waals surface area contributed by atoms with Crippen molar-refractivity contribution in [3.8, 4) is 11.8 Å². The number of halogens is 5. The summed E-state index contributed by atoms with van der Waals surface area (Å²) < 4.78 is 56.8. The Bertz CT molecular complexity index is 1720. The summed E-state index contributed by atoms with van der Waals surface area (Å²) in [5.41, 5.74) is -2.49. The fourth-order valence-corrected chi connectivity index (χ4v) is 6.85. The smallest absolute Gasteiger partial charge is 0.352 e. The van der Waals surface area contributed by atoms with Gasteiger partial charge in [0.1, 0.15) is 11.3 Å². The third kappa shape index (κ3) is 6.92. The maximum absolute atomic E-state index is 14.1. The fourth-order valence-electron chi connectivity index (χ4n) is 6.27. The number of nitriles is 1. The quantitative estimate of drug-likeness (QED) is 0.278. The van der Waals surface area contributed by atoms with Gasteiger partial charge in [0, 0.05) is 43.2 Å². The summed E-state index contributed by atoms with van der Waals surface area (Å²) in [6, 6.07) is 5.45. The molecular formula is C31H36BrF4N9O2. The van der Waals surface area contributed by atoms with E-state index in [9.17, 15) is 32.4 Å². The minimum atomic E-state index is -4.78. The zero-order valence-corrected chi connectivity index (χ0v) is 27.9. The summed E-state index contributed by atoms with van der Waals surface area (Å²) in [6.45, 7) is 8.88. The van der Waals surface area contributed by atoms with Gasteiger partial charge < -0.3 is 14.7 Å². The monoisotopic (exact) mass is 721 g/mol. The van der Waals surface area contributed by atoms with Crippen molar-refractivity contribution >= 4 is 44.5 Å². The highest BCUT2D eigenvalue weighted by atomic mass is 79.9. The molecule has 0 radical (unpaired) electrons. The lowest BCUT2D eigenvalue weighted by molar-refractivity contribution is -0.139. The Balaban J connectivity index is 1.61. The highest BCUT2D eigenvalue weighted by molar-refractivity contribution is 9.10. The maximum Gasteiger partial charge on any atom is 0.419 e. The van der Waals surface area contributed by atoms with E-state index in [1.165, 1.54) is 29.3 Å². The third-order valence-corrected chi connectivity index (χ3v) is 9.19. The van der Waals surface area contributed by atoms with Crippen LogP contribution in [0.5, 0.6) is 0 Å². The molecule has 0 aliphatic carbocycles. The fraction of sp³-hybridized carbons (Fsp3) is 0.548. The van der Waals surface area contributed by atoms with E-state index in [0.29, 0.717) is 23.6 Å². The Kier molecular flexibility index (Phi) is 10.4. The Morgan fingerprint density at radius 3 is 2.45 bits per heavy atom. The molecule has 0 saturated carbocycles. The van der Waals surface area contributed by atoms with Crippen molar-refractivity contribution in [1.29, 1.82) is 5.26 Å². The predicted molar refractivity (Wildman–Crippen MR) is 172 cm³/mol. The molecule has 1 amide bonds. The van der Waals surface area contributed by atoms with Crippen molar-refractivity contribution in [3.63, 3.8) is 0 Å². The highest BCUT2D eigenvalue weighted by Gasteiger charge is 2.39. The van der Waals surface area contributed by atoms with Crippen LogP contribution in [0.2, 0.25) is 0 Å². The van der Waals surface area contributed by atoms with Gasteiger partial charge in [-0.1, -0.05) is 35.8 Å². The van der Waals surface area contributed by atoms with Crippen molar-refractivity contribution in [1.82, 2.24) is 29.5 Å². The van der Waals surface area contributed by atoms with Crippen molar-refractivity contribution in [2.75, 3.05) is 55.6 Å². The van der Waals surface area contributed by atoms with Crippen LogP contribution in [0.1, 0.15) is 45.6 Å². The molecule has 1 aromatic carbocycles. The first kappa shape index (κ1) is 34.5. The van der Waals surface area contributed by atoms with Crippen molar-refractivity contribution in [3.05, 3.63) is 44.8 Å². The van der Waals surface area contributed by atoms with E-state index in [1.54, 1.807) is 4.90 Å². The summed E-state index contributed by atoms with van der Waals surface area (Å²) in [4.78, 5) is 43.5. The number of hydrogen-bond donors (Lipinski definition) is 0. The zero-order chi connectivity index (χ0) is 34.0. The van der Waals surface area contributed by atoms with Crippen molar-refractivity contribution < 1.29 is 22.4 Å². The molecule has 252 valence electrons.